The number of aliphatic carboxylic acids is 1. The summed E-state index contributed by atoms with van der Waals surface area (Å²) in [5, 5.41) is 11.8. The summed E-state index contributed by atoms with van der Waals surface area (Å²) < 4.78 is 0. The number of anilines is 1. The molecule has 1 atom stereocenters. The van der Waals surface area contributed by atoms with Crippen LogP contribution in [-0.2, 0) is 4.79 Å². The topological polar surface area (TPSA) is 82.5 Å². The second-order valence-corrected chi connectivity index (χ2v) is 6.58. The van der Waals surface area contributed by atoms with Crippen molar-refractivity contribution in [2.24, 2.45) is 5.92 Å². The molecule has 1 fully saturated rings. The fourth-order valence-electron chi connectivity index (χ4n) is 2.85. The highest BCUT2D eigenvalue weighted by Gasteiger charge is 2.21. The Morgan fingerprint density at radius 2 is 2.08 bits per heavy atom. The molecule has 1 aliphatic heterocycles. The number of piperidine rings is 1. The van der Waals surface area contributed by atoms with Crippen molar-refractivity contribution in [3.05, 3.63) is 23.9 Å². The molecule has 1 amide bonds. The van der Waals surface area contributed by atoms with Gasteiger partial charge >= 0.3 is 5.97 Å². The molecule has 2 heterocycles. The maximum Gasteiger partial charge on any atom is 0.326 e. The Bertz CT molecular complexity index is 551. The minimum atomic E-state index is -0.996. The lowest BCUT2D eigenvalue weighted by atomic mass is 9.99. The van der Waals surface area contributed by atoms with Gasteiger partial charge in [0.2, 0.25) is 0 Å². The van der Waals surface area contributed by atoms with E-state index in [9.17, 15) is 14.7 Å². The van der Waals surface area contributed by atoms with Crippen LogP contribution in [0, 0.1) is 5.92 Å². The number of carbonyl (C=O) groups excluding carboxylic acids is 1. The van der Waals surface area contributed by atoms with Crippen LogP contribution in [0.15, 0.2) is 18.3 Å². The fourth-order valence-corrected chi connectivity index (χ4v) is 2.85. The van der Waals surface area contributed by atoms with Gasteiger partial charge in [0.15, 0.2) is 0 Å². The lowest BCUT2D eigenvalue weighted by Gasteiger charge is -2.31. The highest BCUT2D eigenvalue weighted by Crippen LogP contribution is 2.21. The number of aromatic nitrogens is 1. The molecule has 6 heteroatoms. The molecule has 0 spiro atoms. The Balaban J connectivity index is 1.96. The number of nitrogens with zero attached hydrogens (tertiary/aromatic N) is 2. The molecule has 0 aliphatic carbocycles. The van der Waals surface area contributed by atoms with Crippen molar-refractivity contribution < 1.29 is 14.7 Å². The van der Waals surface area contributed by atoms with Crippen molar-refractivity contribution in [3.8, 4) is 0 Å². The second-order valence-electron chi connectivity index (χ2n) is 6.58. The summed E-state index contributed by atoms with van der Waals surface area (Å²) >= 11 is 0. The van der Waals surface area contributed by atoms with E-state index in [0.717, 1.165) is 50.5 Å². The molecule has 6 nitrogen and oxygen atoms in total. The fraction of sp³-hybridized carbons (Fsp3) is 0.611. The third kappa shape index (κ3) is 4.94. The molecule has 0 aromatic carbocycles. The van der Waals surface area contributed by atoms with Crippen LogP contribution in [0.1, 0.15) is 56.3 Å². The number of hydrogen-bond donors (Lipinski definition) is 2. The lowest BCUT2D eigenvalue weighted by Crippen LogP contribution is -2.40. The Morgan fingerprint density at radius 1 is 1.38 bits per heavy atom. The summed E-state index contributed by atoms with van der Waals surface area (Å²) in [6, 6.07) is 2.71. The zero-order chi connectivity index (χ0) is 17.5. The van der Waals surface area contributed by atoms with Gasteiger partial charge in [0.25, 0.3) is 5.91 Å². The molecule has 0 bridgehead atoms. The normalized spacial score (nSPS) is 16.7. The van der Waals surface area contributed by atoms with E-state index < -0.39 is 12.0 Å². The molecule has 1 unspecified atom stereocenters. The van der Waals surface area contributed by atoms with Crippen LogP contribution in [0.5, 0.6) is 0 Å². The van der Waals surface area contributed by atoms with Crippen LogP contribution in [-0.4, -0.2) is 41.1 Å². The number of unbranched alkanes of at least 4 members (excludes halogenated alkanes) is 1. The van der Waals surface area contributed by atoms with Crippen LogP contribution in [0.4, 0.5) is 5.82 Å². The molecule has 132 valence electrons. The van der Waals surface area contributed by atoms with E-state index in [-0.39, 0.29) is 5.91 Å². The number of carbonyl (C=O) groups is 2. The first-order chi connectivity index (χ1) is 11.5. The maximum absolute atomic E-state index is 12.2. The van der Waals surface area contributed by atoms with Gasteiger partial charge in [-0.25, -0.2) is 9.78 Å². The number of carboxylic acid groups (broad SMARTS) is 1. The number of pyridine rings is 1. The van der Waals surface area contributed by atoms with Crippen LogP contribution in [0.25, 0.3) is 0 Å². The van der Waals surface area contributed by atoms with E-state index in [4.69, 9.17) is 0 Å². The van der Waals surface area contributed by atoms with Gasteiger partial charge in [-0.15, -0.1) is 0 Å². The SMILES string of the molecule is CCCCC(NC(=O)c1ccc(N2CCC(C)CC2)nc1)C(=O)O. The van der Waals surface area contributed by atoms with Gasteiger partial charge in [-0.1, -0.05) is 26.7 Å². The molecule has 1 aromatic heterocycles. The van der Waals surface area contributed by atoms with Gasteiger partial charge in [0.05, 0.1) is 5.56 Å². The van der Waals surface area contributed by atoms with Gasteiger partial charge in [0, 0.05) is 19.3 Å². The average Bonchev–Trinajstić information content (AvgIpc) is 2.59. The van der Waals surface area contributed by atoms with Gasteiger partial charge in [0.1, 0.15) is 11.9 Å². The van der Waals surface area contributed by atoms with E-state index in [1.807, 2.05) is 13.0 Å². The predicted molar refractivity (Wildman–Crippen MR) is 93.3 cm³/mol. The number of nitrogens with one attached hydrogen (secondary N) is 1. The van der Waals surface area contributed by atoms with E-state index >= 15 is 0 Å². The third-order valence-corrected chi connectivity index (χ3v) is 4.57. The Kier molecular flexibility index (Phi) is 6.58. The largest absolute Gasteiger partial charge is 0.480 e. The van der Waals surface area contributed by atoms with Gasteiger partial charge in [-0.05, 0) is 37.3 Å². The van der Waals surface area contributed by atoms with Crippen LogP contribution in [0.2, 0.25) is 0 Å². The second kappa shape index (κ2) is 8.66. The quantitative estimate of drug-likeness (QED) is 0.801. The van der Waals surface area contributed by atoms with Crippen molar-refractivity contribution in [2.75, 3.05) is 18.0 Å². The summed E-state index contributed by atoms with van der Waals surface area (Å²) in [4.78, 5) is 30.1. The van der Waals surface area contributed by atoms with Crippen molar-refractivity contribution in [1.82, 2.24) is 10.3 Å². The highest BCUT2D eigenvalue weighted by atomic mass is 16.4. The molecular weight excluding hydrogens is 306 g/mol. The standard InChI is InChI=1S/C18H27N3O3/c1-3-4-5-15(18(23)24)20-17(22)14-6-7-16(19-12-14)21-10-8-13(2)9-11-21/h6-7,12-13,15H,3-5,8-11H2,1-2H3,(H,20,22)(H,23,24). The molecule has 1 aromatic rings. The predicted octanol–water partition coefficient (Wildman–Crippen LogP) is 2.69. The van der Waals surface area contributed by atoms with E-state index in [1.165, 1.54) is 6.20 Å². The Hall–Kier alpha value is -2.11. The molecule has 0 saturated carbocycles. The van der Waals surface area contributed by atoms with Crippen molar-refractivity contribution in [3.63, 3.8) is 0 Å². The minimum Gasteiger partial charge on any atom is -0.480 e. The Morgan fingerprint density at radius 3 is 2.62 bits per heavy atom. The van der Waals surface area contributed by atoms with E-state index in [2.05, 4.69) is 22.1 Å². The number of hydrogen-bond acceptors (Lipinski definition) is 4. The number of rotatable bonds is 7. The third-order valence-electron chi connectivity index (χ3n) is 4.57. The van der Waals surface area contributed by atoms with Crippen molar-refractivity contribution in [2.45, 2.75) is 52.0 Å². The first-order valence-corrected chi connectivity index (χ1v) is 8.76. The Labute approximate surface area is 143 Å². The smallest absolute Gasteiger partial charge is 0.326 e. The first-order valence-electron chi connectivity index (χ1n) is 8.76. The summed E-state index contributed by atoms with van der Waals surface area (Å²) in [7, 11) is 0. The summed E-state index contributed by atoms with van der Waals surface area (Å²) in [5.41, 5.74) is 0.395. The van der Waals surface area contributed by atoms with Gasteiger partial charge < -0.3 is 15.3 Å². The highest BCUT2D eigenvalue weighted by molar-refractivity contribution is 5.96. The molecule has 24 heavy (non-hydrogen) atoms. The van der Waals surface area contributed by atoms with E-state index in [0.29, 0.717) is 12.0 Å². The first kappa shape index (κ1) is 18.2. The average molecular weight is 333 g/mol. The van der Waals surface area contributed by atoms with Crippen LogP contribution < -0.4 is 10.2 Å². The van der Waals surface area contributed by atoms with Crippen molar-refractivity contribution in [1.29, 1.82) is 0 Å². The molecule has 0 radical (unpaired) electrons. The molecular formula is C18H27N3O3. The van der Waals surface area contributed by atoms with E-state index in [1.54, 1.807) is 6.07 Å². The maximum atomic E-state index is 12.2. The summed E-state index contributed by atoms with van der Waals surface area (Å²) in [6.45, 7) is 6.22. The number of carboxylic acids is 1. The molecule has 1 saturated heterocycles. The monoisotopic (exact) mass is 333 g/mol. The number of amides is 1. The zero-order valence-electron chi connectivity index (χ0n) is 14.5. The minimum absolute atomic E-state index is 0.384. The van der Waals surface area contributed by atoms with Gasteiger partial charge in [-0.3, -0.25) is 4.79 Å². The van der Waals surface area contributed by atoms with Crippen LogP contribution in [0.3, 0.4) is 0 Å². The summed E-state index contributed by atoms with van der Waals surface area (Å²) in [6.07, 6.45) is 5.94. The lowest BCUT2D eigenvalue weighted by molar-refractivity contribution is -0.139. The van der Waals surface area contributed by atoms with Gasteiger partial charge in [-0.2, -0.15) is 0 Å². The molecule has 2 N–H and O–H groups in total. The van der Waals surface area contributed by atoms with Crippen LogP contribution >= 0.6 is 0 Å². The zero-order valence-corrected chi connectivity index (χ0v) is 14.5. The summed E-state index contributed by atoms with van der Waals surface area (Å²) in [5.74, 6) is 0.246. The molecule has 2 rings (SSSR count). The molecule has 1 aliphatic rings. The van der Waals surface area contributed by atoms with Crippen molar-refractivity contribution >= 4 is 17.7 Å².